The summed E-state index contributed by atoms with van der Waals surface area (Å²) in [7, 11) is 0. The zero-order valence-electron chi connectivity index (χ0n) is 5.01. The number of H-pyrrole nitrogens is 1. The van der Waals surface area contributed by atoms with E-state index in [1.165, 1.54) is 24.0 Å². The van der Waals surface area contributed by atoms with Crippen LogP contribution >= 0.6 is 11.3 Å². The molecule has 0 radical (unpaired) electrons. The molecule has 2 aromatic heterocycles. The molecular weight excluding hydrogens is 150 g/mol. The summed E-state index contributed by atoms with van der Waals surface area (Å²) in [5.41, 5.74) is 3.36. The minimum atomic E-state index is 1.44. The summed E-state index contributed by atoms with van der Waals surface area (Å²) in [5.74, 6) is 0. The molecule has 2 rings (SSSR count). The predicted octanol–water partition coefficient (Wildman–Crippen LogP) is 0.343. The largest absolute Gasteiger partial charge is 0.266 e. The van der Waals surface area contributed by atoms with Crippen molar-refractivity contribution in [2.45, 2.75) is 0 Å². The van der Waals surface area contributed by atoms with Gasteiger partial charge in [0.05, 0.1) is 0 Å². The van der Waals surface area contributed by atoms with Crippen LogP contribution in [-0.4, -0.2) is 25.4 Å². The Hall–Kier alpha value is -1.30. The Morgan fingerprint density at radius 1 is 1.20 bits per heavy atom. The SMILES string of the molecule is c1nc[nH]n1.c1nncs1. The lowest BCUT2D eigenvalue weighted by molar-refractivity contribution is 1.09. The molecule has 0 aromatic carbocycles. The minimum absolute atomic E-state index is 1.44. The van der Waals surface area contributed by atoms with E-state index in [4.69, 9.17) is 0 Å². The van der Waals surface area contributed by atoms with Crippen LogP contribution in [0.5, 0.6) is 0 Å². The number of nitrogens with zero attached hydrogens (tertiary/aromatic N) is 4. The molecule has 1 N–H and O–H groups in total. The highest BCUT2D eigenvalue weighted by Crippen LogP contribution is 1.80. The minimum Gasteiger partial charge on any atom is -0.266 e. The number of hydrogen-bond donors (Lipinski definition) is 1. The van der Waals surface area contributed by atoms with E-state index in [1.807, 2.05) is 0 Å². The summed E-state index contributed by atoms with van der Waals surface area (Å²) in [6, 6.07) is 0. The van der Waals surface area contributed by atoms with Crippen molar-refractivity contribution in [1.82, 2.24) is 25.4 Å². The van der Waals surface area contributed by atoms with Crippen LogP contribution in [0.4, 0.5) is 0 Å². The Kier molecular flexibility index (Phi) is 3.11. The number of aromatic amines is 1. The standard InChI is InChI=1S/C2H3N3.C2H2N2S/c1-3-2-5-4-1;1-3-4-2-5-1/h1-2H,(H,3,4,5);1-2H. The first-order chi connectivity index (χ1) is 5.00. The Morgan fingerprint density at radius 2 is 2.00 bits per heavy atom. The maximum Gasteiger partial charge on any atom is 0.137 e. The first kappa shape index (κ1) is 6.81. The topological polar surface area (TPSA) is 67.3 Å². The summed E-state index contributed by atoms with van der Waals surface area (Å²) in [5, 5.41) is 13.0. The van der Waals surface area contributed by atoms with Crippen LogP contribution < -0.4 is 0 Å². The fourth-order valence-electron chi connectivity index (χ4n) is 0.303. The summed E-state index contributed by atoms with van der Waals surface area (Å²) >= 11 is 1.49. The zero-order chi connectivity index (χ0) is 7.07. The molecular formula is C4H5N5S. The van der Waals surface area contributed by atoms with Crippen LogP contribution in [0.15, 0.2) is 23.7 Å². The molecule has 5 nitrogen and oxygen atoms in total. The fraction of sp³-hybridized carbons (Fsp3) is 0. The van der Waals surface area contributed by atoms with Crippen LogP contribution in [0, 0.1) is 0 Å². The Morgan fingerprint density at radius 3 is 2.20 bits per heavy atom. The third-order valence-corrected chi connectivity index (χ3v) is 1.05. The summed E-state index contributed by atoms with van der Waals surface area (Å²) in [6.07, 6.45) is 2.96. The van der Waals surface area contributed by atoms with Crippen molar-refractivity contribution in [1.29, 1.82) is 0 Å². The van der Waals surface area contributed by atoms with Gasteiger partial charge in [0, 0.05) is 0 Å². The van der Waals surface area contributed by atoms with Crippen molar-refractivity contribution >= 4 is 11.3 Å². The quantitative estimate of drug-likeness (QED) is 0.595. The maximum atomic E-state index is 3.56. The second kappa shape index (κ2) is 4.57. The second-order valence-corrected chi connectivity index (χ2v) is 1.92. The average molecular weight is 155 g/mol. The van der Waals surface area contributed by atoms with Gasteiger partial charge in [-0.3, -0.25) is 5.10 Å². The molecule has 0 fully saturated rings. The molecule has 0 amide bonds. The normalized spacial score (nSPS) is 8.00. The predicted molar refractivity (Wildman–Crippen MR) is 36.3 cm³/mol. The van der Waals surface area contributed by atoms with Crippen molar-refractivity contribution in [2.75, 3.05) is 0 Å². The van der Waals surface area contributed by atoms with E-state index in [1.54, 1.807) is 11.0 Å². The van der Waals surface area contributed by atoms with Gasteiger partial charge in [-0.25, -0.2) is 4.98 Å². The molecule has 0 aliphatic carbocycles. The van der Waals surface area contributed by atoms with E-state index in [2.05, 4.69) is 25.4 Å². The summed E-state index contributed by atoms with van der Waals surface area (Å²) in [6.45, 7) is 0. The lowest BCUT2D eigenvalue weighted by Gasteiger charge is -1.46. The molecule has 0 aliphatic heterocycles. The highest BCUT2D eigenvalue weighted by molar-refractivity contribution is 7.07. The smallest absolute Gasteiger partial charge is 0.137 e. The summed E-state index contributed by atoms with van der Waals surface area (Å²) < 4.78 is 0. The molecule has 10 heavy (non-hydrogen) atoms. The Labute approximate surface area is 61.2 Å². The summed E-state index contributed by atoms with van der Waals surface area (Å²) in [4.78, 5) is 3.56. The van der Waals surface area contributed by atoms with E-state index in [9.17, 15) is 0 Å². The Bertz CT molecular complexity index is 153. The van der Waals surface area contributed by atoms with Gasteiger partial charge in [-0.1, -0.05) is 0 Å². The van der Waals surface area contributed by atoms with Crippen molar-refractivity contribution in [3.63, 3.8) is 0 Å². The van der Waals surface area contributed by atoms with E-state index >= 15 is 0 Å². The monoisotopic (exact) mass is 155 g/mol. The molecule has 0 atom stereocenters. The van der Waals surface area contributed by atoms with E-state index in [0.717, 1.165) is 0 Å². The van der Waals surface area contributed by atoms with Gasteiger partial charge < -0.3 is 0 Å². The molecule has 0 aliphatic rings. The molecule has 2 aromatic rings. The average Bonchev–Trinajstić information content (AvgIpc) is 2.67. The highest BCUT2D eigenvalue weighted by atomic mass is 32.1. The van der Waals surface area contributed by atoms with Crippen LogP contribution in [0.3, 0.4) is 0 Å². The first-order valence-electron chi connectivity index (χ1n) is 2.47. The Balaban J connectivity index is 0.0000001000. The number of hydrogen-bond acceptors (Lipinski definition) is 5. The van der Waals surface area contributed by atoms with E-state index < -0.39 is 0 Å². The molecule has 0 unspecified atom stereocenters. The van der Waals surface area contributed by atoms with E-state index in [0.29, 0.717) is 0 Å². The van der Waals surface area contributed by atoms with Gasteiger partial charge in [0.1, 0.15) is 23.7 Å². The molecule has 0 spiro atoms. The number of aromatic nitrogens is 5. The highest BCUT2D eigenvalue weighted by Gasteiger charge is 1.60. The number of nitrogens with one attached hydrogen (secondary N) is 1. The number of rotatable bonds is 0. The van der Waals surface area contributed by atoms with Crippen molar-refractivity contribution in [3.8, 4) is 0 Å². The molecule has 6 heteroatoms. The van der Waals surface area contributed by atoms with Crippen LogP contribution in [-0.2, 0) is 0 Å². The van der Waals surface area contributed by atoms with Crippen LogP contribution in [0.25, 0.3) is 0 Å². The van der Waals surface area contributed by atoms with Gasteiger partial charge in [0.2, 0.25) is 0 Å². The third kappa shape index (κ3) is 2.88. The van der Waals surface area contributed by atoms with Gasteiger partial charge in [-0.2, -0.15) is 5.10 Å². The maximum absolute atomic E-state index is 3.56. The van der Waals surface area contributed by atoms with Crippen molar-refractivity contribution in [2.24, 2.45) is 0 Å². The molecule has 52 valence electrons. The lowest BCUT2D eigenvalue weighted by Crippen LogP contribution is -1.53. The van der Waals surface area contributed by atoms with Gasteiger partial charge >= 0.3 is 0 Å². The van der Waals surface area contributed by atoms with Gasteiger partial charge in [0.15, 0.2) is 0 Å². The third-order valence-electron chi connectivity index (χ3n) is 0.614. The van der Waals surface area contributed by atoms with Crippen molar-refractivity contribution in [3.05, 3.63) is 23.7 Å². The zero-order valence-corrected chi connectivity index (χ0v) is 5.82. The van der Waals surface area contributed by atoms with Gasteiger partial charge in [-0.15, -0.1) is 21.5 Å². The van der Waals surface area contributed by atoms with Crippen LogP contribution in [0.2, 0.25) is 0 Å². The lowest BCUT2D eigenvalue weighted by atomic mass is 11.3. The van der Waals surface area contributed by atoms with Gasteiger partial charge in [0.25, 0.3) is 0 Å². The second-order valence-electron chi connectivity index (χ2n) is 1.23. The fourth-order valence-corrected chi connectivity index (χ4v) is 0.575. The van der Waals surface area contributed by atoms with Crippen LogP contribution in [0.1, 0.15) is 0 Å². The molecule has 0 saturated heterocycles. The first-order valence-corrected chi connectivity index (χ1v) is 3.42. The molecule has 0 bridgehead atoms. The van der Waals surface area contributed by atoms with E-state index in [-0.39, 0.29) is 0 Å². The molecule has 0 saturated carbocycles. The van der Waals surface area contributed by atoms with Crippen molar-refractivity contribution < 1.29 is 0 Å². The van der Waals surface area contributed by atoms with Gasteiger partial charge in [-0.05, 0) is 0 Å². The molecule has 2 heterocycles.